The van der Waals surface area contributed by atoms with Gasteiger partial charge in [-0.05, 0) is 36.8 Å². The van der Waals surface area contributed by atoms with Crippen LogP contribution < -0.4 is 16.0 Å². The van der Waals surface area contributed by atoms with Crippen LogP contribution in [0.25, 0.3) is 0 Å². The number of nitrogens with two attached hydrogens (primary N) is 1. The van der Waals surface area contributed by atoms with E-state index in [1.807, 2.05) is 31.2 Å². The first kappa shape index (κ1) is 11.9. The number of rotatable bonds is 3. The normalized spacial score (nSPS) is 10.1. The summed E-state index contributed by atoms with van der Waals surface area (Å²) in [7, 11) is 0. The van der Waals surface area contributed by atoms with Gasteiger partial charge in [-0.25, -0.2) is 5.84 Å². The molecule has 0 aliphatic heterocycles. The van der Waals surface area contributed by atoms with Crippen LogP contribution in [-0.2, 0) is 0 Å². The highest BCUT2D eigenvalue weighted by Crippen LogP contribution is 2.26. The number of anilines is 1. The molecular weight excluding hydrogens is 282 g/mol. The second-order valence-corrected chi connectivity index (χ2v) is 4.43. The lowest BCUT2D eigenvalue weighted by Gasteiger charge is -2.08. The van der Waals surface area contributed by atoms with Crippen LogP contribution in [0.15, 0.2) is 40.9 Å². The summed E-state index contributed by atoms with van der Waals surface area (Å²) >= 11 is 3.41. The molecule has 0 aliphatic carbocycles. The van der Waals surface area contributed by atoms with Crippen LogP contribution >= 0.6 is 15.9 Å². The number of nitrogen functional groups attached to an aromatic ring is 1. The van der Waals surface area contributed by atoms with Gasteiger partial charge < -0.3 is 10.2 Å². The van der Waals surface area contributed by atoms with Crippen molar-refractivity contribution in [3.63, 3.8) is 0 Å². The van der Waals surface area contributed by atoms with Crippen molar-refractivity contribution in [1.82, 2.24) is 4.98 Å². The topological polar surface area (TPSA) is 60.2 Å². The minimum atomic E-state index is 0.505. The molecule has 0 unspecified atom stereocenters. The second kappa shape index (κ2) is 5.16. The third-order valence-corrected chi connectivity index (χ3v) is 2.72. The number of nitrogens with zero attached hydrogens (tertiary/aromatic N) is 1. The number of benzene rings is 1. The molecule has 1 aromatic carbocycles. The highest BCUT2D eigenvalue weighted by molar-refractivity contribution is 9.10. The molecule has 3 N–H and O–H groups in total. The average molecular weight is 294 g/mol. The van der Waals surface area contributed by atoms with Gasteiger partial charge in [0.1, 0.15) is 11.6 Å². The number of aryl methyl sites for hydroxylation is 1. The van der Waals surface area contributed by atoms with Crippen LogP contribution in [0.4, 0.5) is 5.82 Å². The first-order chi connectivity index (χ1) is 8.19. The fraction of sp³-hybridized carbons (Fsp3) is 0.0833. The van der Waals surface area contributed by atoms with Gasteiger partial charge in [-0.3, -0.25) is 0 Å². The highest BCUT2D eigenvalue weighted by atomic mass is 79.9. The van der Waals surface area contributed by atoms with Crippen LogP contribution in [0.2, 0.25) is 0 Å². The quantitative estimate of drug-likeness (QED) is 0.674. The zero-order chi connectivity index (χ0) is 12.3. The molecule has 0 atom stereocenters. The first-order valence-electron chi connectivity index (χ1n) is 5.07. The van der Waals surface area contributed by atoms with Crippen molar-refractivity contribution in [2.75, 3.05) is 5.43 Å². The number of hydrazine groups is 1. The Kier molecular flexibility index (Phi) is 3.61. The SMILES string of the molecule is Cc1cc(Br)ccc1Oc1cccc(NN)n1. The molecule has 0 bridgehead atoms. The maximum atomic E-state index is 5.68. The summed E-state index contributed by atoms with van der Waals surface area (Å²) < 4.78 is 6.70. The van der Waals surface area contributed by atoms with E-state index in [1.165, 1.54) is 0 Å². The summed E-state index contributed by atoms with van der Waals surface area (Å²) in [5.41, 5.74) is 3.51. The van der Waals surface area contributed by atoms with Gasteiger partial charge in [0.25, 0.3) is 0 Å². The Labute approximate surface area is 108 Å². The average Bonchev–Trinajstić information content (AvgIpc) is 2.33. The number of nitrogens with one attached hydrogen (secondary N) is 1. The van der Waals surface area contributed by atoms with Crippen LogP contribution in [0.1, 0.15) is 5.56 Å². The highest BCUT2D eigenvalue weighted by Gasteiger charge is 2.03. The van der Waals surface area contributed by atoms with Crippen molar-refractivity contribution < 1.29 is 4.74 Å². The summed E-state index contributed by atoms with van der Waals surface area (Å²) in [6.45, 7) is 1.98. The molecule has 88 valence electrons. The molecule has 0 saturated carbocycles. The number of ether oxygens (including phenoxy) is 1. The number of halogens is 1. The van der Waals surface area contributed by atoms with Gasteiger partial charge in [0.05, 0.1) is 0 Å². The second-order valence-electron chi connectivity index (χ2n) is 3.52. The molecule has 1 heterocycles. The van der Waals surface area contributed by atoms with Gasteiger partial charge in [0.2, 0.25) is 5.88 Å². The fourth-order valence-corrected chi connectivity index (χ4v) is 1.87. The zero-order valence-corrected chi connectivity index (χ0v) is 10.9. The van der Waals surface area contributed by atoms with Gasteiger partial charge in [-0.15, -0.1) is 0 Å². The molecule has 0 radical (unpaired) electrons. The molecule has 0 saturated heterocycles. The van der Waals surface area contributed by atoms with E-state index < -0.39 is 0 Å². The van der Waals surface area contributed by atoms with Crippen LogP contribution in [0.5, 0.6) is 11.6 Å². The largest absolute Gasteiger partial charge is 0.439 e. The first-order valence-corrected chi connectivity index (χ1v) is 5.86. The van der Waals surface area contributed by atoms with Gasteiger partial charge in [0.15, 0.2) is 0 Å². The third-order valence-electron chi connectivity index (χ3n) is 2.22. The lowest BCUT2D eigenvalue weighted by Crippen LogP contribution is -2.08. The summed E-state index contributed by atoms with van der Waals surface area (Å²) in [5, 5.41) is 0. The van der Waals surface area contributed by atoms with Crippen LogP contribution in [0.3, 0.4) is 0 Å². The zero-order valence-electron chi connectivity index (χ0n) is 9.27. The predicted molar refractivity (Wildman–Crippen MR) is 71.0 cm³/mol. The standard InChI is InChI=1S/C12H12BrN3O/c1-8-7-9(13)5-6-10(8)17-12-4-2-3-11(15-12)16-14/h2-7H,14H2,1H3,(H,15,16). The van der Waals surface area contributed by atoms with E-state index in [2.05, 4.69) is 26.3 Å². The molecule has 4 nitrogen and oxygen atoms in total. The molecule has 0 amide bonds. The van der Waals surface area contributed by atoms with Gasteiger partial charge in [-0.2, -0.15) is 4.98 Å². The van der Waals surface area contributed by atoms with Crippen molar-refractivity contribution in [3.8, 4) is 11.6 Å². The van der Waals surface area contributed by atoms with E-state index in [-0.39, 0.29) is 0 Å². The molecule has 1 aromatic heterocycles. The fourth-order valence-electron chi connectivity index (χ4n) is 1.39. The number of hydrogen-bond acceptors (Lipinski definition) is 4. The van der Waals surface area contributed by atoms with E-state index in [1.54, 1.807) is 12.1 Å². The molecule has 17 heavy (non-hydrogen) atoms. The molecule has 0 spiro atoms. The van der Waals surface area contributed by atoms with Crippen molar-refractivity contribution in [3.05, 3.63) is 46.4 Å². The summed E-state index contributed by atoms with van der Waals surface area (Å²) in [6, 6.07) is 11.2. The van der Waals surface area contributed by atoms with E-state index in [0.29, 0.717) is 11.7 Å². The molecule has 2 rings (SSSR count). The maximum absolute atomic E-state index is 5.68. The smallest absolute Gasteiger partial charge is 0.221 e. The Morgan fingerprint density at radius 3 is 2.82 bits per heavy atom. The van der Waals surface area contributed by atoms with E-state index >= 15 is 0 Å². The van der Waals surface area contributed by atoms with Crippen LogP contribution in [-0.4, -0.2) is 4.98 Å². The molecule has 2 aromatic rings. The molecule has 0 aliphatic rings. The molecule has 5 heteroatoms. The number of aromatic nitrogens is 1. The monoisotopic (exact) mass is 293 g/mol. The van der Waals surface area contributed by atoms with Crippen molar-refractivity contribution in [2.45, 2.75) is 6.92 Å². The minimum Gasteiger partial charge on any atom is -0.439 e. The Bertz CT molecular complexity index is 531. The molecule has 0 fully saturated rings. The minimum absolute atomic E-state index is 0.505. The predicted octanol–water partition coefficient (Wildman–Crippen LogP) is 3.23. The van der Waals surface area contributed by atoms with Crippen molar-refractivity contribution >= 4 is 21.7 Å². The van der Waals surface area contributed by atoms with E-state index in [4.69, 9.17) is 10.6 Å². The van der Waals surface area contributed by atoms with Gasteiger partial charge in [0, 0.05) is 10.5 Å². The summed E-state index contributed by atoms with van der Waals surface area (Å²) in [6.07, 6.45) is 0. The summed E-state index contributed by atoms with van der Waals surface area (Å²) in [4.78, 5) is 4.18. The van der Waals surface area contributed by atoms with E-state index in [9.17, 15) is 0 Å². The Morgan fingerprint density at radius 1 is 1.29 bits per heavy atom. The van der Waals surface area contributed by atoms with Crippen LogP contribution in [0, 0.1) is 6.92 Å². The molecular formula is C12H12BrN3O. The Balaban J connectivity index is 2.25. The van der Waals surface area contributed by atoms with Crippen molar-refractivity contribution in [1.29, 1.82) is 0 Å². The lowest BCUT2D eigenvalue weighted by atomic mass is 10.2. The number of pyridine rings is 1. The van der Waals surface area contributed by atoms with Crippen molar-refractivity contribution in [2.24, 2.45) is 5.84 Å². The lowest BCUT2D eigenvalue weighted by molar-refractivity contribution is 0.460. The van der Waals surface area contributed by atoms with E-state index in [0.717, 1.165) is 15.8 Å². The Morgan fingerprint density at radius 2 is 2.12 bits per heavy atom. The maximum Gasteiger partial charge on any atom is 0.221 e. The van der Waals surface area contributed by atoms with Gasteiger partial charge in [-0.1, -0.05) is 22.0 Å². The summed E-state index contributed by atoms with van der Waals surface area (Å²) in [5.74, 6) is 7.13. The Hall–Kier alpha value is -1.59. The third kappa shape index (κ3) is 2.95. The van der Waals surface area contributed by atoms with Gasteiger partial charge >= 0.3 is 0 Å². The number of hydrogen-bond donors (Lipinski definition) is 2.